The summed E-state index contributed by atoms with van der Waals surface area (Å²) >= 11 is 0. The van der Waals surface area contributed by atoms with Crippen LogP contribution in [0.4, 0.5) is 8.78 Å². The van der Waals surface area contributed by atoms with Crippen LogP contribution >= 0.6 is 0 Å². The number of hydrogen-bond donors (Lipinski definition) is 1. The molecule has 4 nitrogen and oxygen atoms in total. The fraction of sp³-hybridized carbons (Fsp3) is 0.286. The number of aromatic hydroxyl groups is 1. The van der Waals surface area contributed by atoms with Crippen molar-refractivity contribution in [3.8, 4) is 17.2 Å². The number of benzene rings is 3. The van der Waals surface area contributed by atoms with Crippen LogP contribution in [0.3, 0.4) is 0 Å². The van der Waals surface area contributed by atoms with Gasteiger partial charge in [-0.3, -0.25) is 4.90 Å². The van der Waals surface area contributed by atoms with Crippen LogP contribution in [0, 0.1) is 5.82 Å². The molecule has 0 amide bonds. The number of phenolic OH excluding ortho intramolecular Hbond substituents is 1. The molecule has 1 N–H and O–H groups in total. The van der Waals surface area contributed by atoms with Gasteiger partial charge in [0.05, 0.1) is 0 Å². The minimum atomic E-state index is -0.726. The van der Waals surface area contributed by atoms with Gasteiger partial charge in [-0.25, -0.2) is 8.78 Å². The van der Waals surface area contributed by atoms with Crippen LogP contribution in [0.1, 0.15) is 36.1 Å². The second kappa shape index (κ2) is 9.47. The third-order valence-electron chi connectivity index (χ3n) is 6.51. The first kappa shape index (κ1) is 22.4. The Morgan fingerprint density at radius 1 is 1.06 bits per heavy atom. The van der Waals surface area contributed by atoms with Gasteiger partial charge in [0, 0.05) is 30.8 Å². The van der Waals surface area contributed by atoms with Crippen LogP contribution in [-0.2, 0) is 0 Å². The van der Waals surface area contributed by atoms with Gasteiger partial charge in [0.2, 0.25) is 0 Å². The highest BCUT2D eigenvalue weighted by Crippen LogP contribution is 2.47. The topological polar surface area (TPSA) is 41.9 Å². The van der Waals surface area contributed by atoms with E-state index >= 15 is 0 Å². The summed E-state index contributed by atoms with van der Waals surface area (Å²) in [5.74, 6) is 1.29. The van der Waals surface area contributed by atoms with Gasteiger partial charge >= 0.3 is 0 Å². The molecule has 0 aliphatic carbocycles. The Balaban J connectivity index is 1.39. The van der Waals surface area contributed by atoms with Gasteiger partial charge in [-0.05, 0) is 72.5 Å². The number of likely N-dealkylation sites (tertiary alicyclic amines) is 1. The SMILES string of the molecule is CC1=C(c2ccc(F)cc2)[C@H](c2ccc(OCCN3CCC(F)C3)cc2)Oc2ccc(O)cc21. The minimum Gasteiger partial charge on any atom is -0.508 e. The standard InChI is InChI=1S/C28H27F2NO3/c1-18-25-16-23(32)8-11-26(25)34-28(27(18)19-2-6-21(29)7-3-19)20-4-9-24(10-5-20)33-15-14-31-13-12-22(30)17-31/h2-11,16,22,28,32H,12-15,17H2,1H3/t22?,28-/m0/s1. The zero-order valence-corrected chi connectivity index (χ0v) is 19.0. The number of halogens is 2. The molecule has 0 spiro atoms. The van der Waals surface area contributed by atoms with Gasteiger partial charge in [-0.2, -0.15) is 0 Å². The molecule has 0 bridgehead atoms. The molecule has 1 saturated heterocycles. The summed E-state index contributed by atoms with van der Waals surface area (Å²) in [7, 11) is 0. The molecule has 2 aliphatic heterocycles. The lowest BCUT2D eigenvalue weighted by molar-refractivity contribution is 0.224. The Bertz CT molecular complexity index is 1190. The molecule has 2 aliphatic rings. The zero-order chi connectivity index (χ0) is 23.7. The molecule has 34 heavy (non-hydrogen) atoms. The van der Waals surface area contributed by atoms with Crippen molar-refractivity contribution in [2.24, 2.45) is 0 Å². The second-order valence-electron chi connectivity index (χ2n) is 8.83. The molecule has 2 heterocycles. The largest absolute Gasteiger partial charge is 0.508 e. The Morgan fingerprint density at radius 2 is 1.82 bits per heavy atom. The van der Waals surface area contributed by atoms with Crippen molar-refractivity contribution in [2.45, 2.75) is 25.6 Å². The van der Waals surface area contributed by atoms with E-state index in [1.807, 2.05) is 31.2 Å². The first-order valence-corrected chi connectivity index (χ1v) is 11.5. The molecule has 1 fully saturated rings. The van der Waals surface area contributed by atoms with Crippen molar-refractivity contribution in [3.05, 3.63) is 89.2 Å². The highest BCUT2D eigenvalue weighted by molar-refractivity contribution is 5.95. The Labute approximate surface area is 198 Å². The van der Waals surface area contributed by atoms with Crippen LogP contribution < -0.4 is 9.47 Å². The van der Waals surface area contributed by atoms with Gasteiger partial charge in [0.15, 0.2) is 0 Å². The summed E-state index contributed by atoms with van der Waals surface area (Å²) in [6, 6.07) is 19.2. The van der Waals surface area contributed by atoms with Crippen LogP contribution in [-0.4, -0.2) is 42.4 Å². The number of phenols is 1. The molecule has 0 aromatic heterocycles. The Hall–Kier alpha value is -3.38. The molecule has 6 heteroatoms. The summed E-state index contributed by atoms with van der Waals surface area (Å²) in [5.41, 5.74) is 4.49. The van der Waals surface area contributed by atoms with E-state index < -0.39 is 12.3 Å². The predicted octanol–water partition coefficient (Wildman–Crippen LogP) is 6.02. The Kier molecular flexibility index (Phi) is 6.24. The normalized spacial score (nSPS) is 20.2. The van der Waals surface area contributed by atoms with Crippen LogP contribution in [0.2, 0.25) is 0 Å². The van der Waals surface area contributed by atoms with Crippen molar-refractivity contribution in [2.75, 3.05) is 26.2 Å². The first-order valence-electron chi connectivity index (χ1n) is 11.5. The van der Waals surface area contributed by atoms with E-state index in [1.54, 1.807) is 30.3 Å². The monoisotopic (exact) mass is 463 g/mol. The minimum absolute atomic E-state index is 0.163. The summed E-state index contributed by atoms with van der Waals surface area (Å²) in [5, 5.41) is 10.0. The molecular formula is C28H27F2NO3. The van der Waals surface area contributed by atoms with Crippen molar-refractivity contribution < 1.29 is 23.4 Å². The number of fused-ring (bicyclic) bond motifs is 1. The number of ether oxygens (including phenoxy) is 2. The van der Waals surface area contributed by atoms with E-state index in [4.69, 9.17) is 9.47 Å². The molecule has 2 atom stereocenters. The van der Waals surface area contributed by atoms with Crippen molar-refractivity contribution in [3.63, 3.8) is 0 Å². The predicted molar refractivity (Wildman–Crippen MR) is 128 cm³/mol. The quantitative estimate of drug-likeness (QED) is 0.486. The van der Waals surface area contributed by atoms with Crippen LogP contribution in [0.15, 0.2) is 66.7 Å². The lowest BCUT2D eigenvalue weighted by atomic mass is 9.86. The van der Waals surface area contributed by atoms with Crippen molar-refractivity contribution in [1.82, 2.24) is 4.90 Å². The maximum absolute atomic E-state index is 13.6. The maximum Gasteiger partial charge on any atom is 0.150 e. The van der Waals surface area contributed by atoms with Gasteiger partial charge in [-0.1, -0.05) is 24.3 Å². The van der Waals surface area contributed by atoms with Gasteiger partial charge in [0.1, 0.15) is 41.9 Å². The van der Waals surface area contributed by atoms with Crippen molar-refractivity contribution >= 4 is 11.1 Å². The number of nitrogens with zero attached hydrogens (tertiary/aromatic N) is 1. The molecule has 176 valence electrons. The smallest absolute Gasteiger partial charge is 0.150 e. The van der Waals surface area contributed by atoms with Crippen LogP contribution in [0.5, 0.6) is 17.2 Å². The van der Waals surface area contributed by atoms with Crippen LogP contribution in [0.25, 0.3) is 11.1 Å². The Morgan fingerprint density at radius 3 is 2.53 bits per heavy atom. The first-order chi connectivity index (χ1) is 16.5. The molecule has 3 aromatic rings. The molecule has 0 radical (unpaired) electrons. The molecule has 3 aromatic carbocycles. The van der Waals surface area contributed by atoms with Gasteiger partial charge < -0.3 is 14.6 Å². The number of rotatable bonds is 6. The van der Waals surface area contributed by atoms with E-state index in [0.717, 1.165) is 40.1 Å². The summed E-state index contributed by atoms with van der Waals surface area (Å²) in [6.45, 7) is 4.46. The average molecular weight is 464 g/mol. The summed E-state index contributed by atoms with van der Waals surface area (Å²) < 4.78 is 39.2. The van der Waals surface area contributed by atoms with E-state index in [0.29, 0.717) is 31.9 Å². The van der Waals surface area contributed by atoms with Gasteiger partial charge in [-0.15, -0.1) is 0 Å². The number of hydrogen-bond acceptors (Lipinski definition) is 4. The highest BCUT2D eigenvalue weighted by atomic mass is 19.1. The third kappa shape index (κ3) is 4.64. The fourth-order valence-corrected chi connectivity index (χ4v) is 4.69. The lowest BCUT2D eigenvalue weighted by Gasteiger charge is -2.31. The zero-order valence-electron chi connectivity index (χ0n) is 19.0. The summed E-state index contributed by atoms with van der Waals surface area (Å²) in [6.07, 6.45) is -0.527. The van der Waals surface area contributed by atoms with Crippen molar-refractivity contribution in [1.29, 1.82) is 0 Å². The highest BCUT2D eigenvalue weighted by Gasteiger charge is 2.29. The molecule has 0 saturated carbocycles. The molecule has 1 unspecified atom stereocenters. The van der Waals surface area contributed by atoms with E-state index in [1.165, 1.54) is 12.1 Å². The van der Waals surface area contributed by atoms with E-state index in [-0.39, 0.29) is 11.6 Å². The number of alkyl halides is 1. The fourth-order valence-electron chi connectivity index (χ4n) is 4.69. The second-order valence-corrected chi connectivity index (χ2v) is 8.83. The van der Waals surface area contributed by atoms with Gasteiger partial charge in [0.25, 0.3) is 0 Å². The average Bonchev–Trinajstić information content (AvgIpc) is 3.25. The molecule has 5 rings (SSSR count). The maximum atomic E-state index is 13.6. The molecular weight excluding hydrogens is 436 g/mol. The van der Waals surface area contributed by atoms with E-state index in [2.05, 4.69) is 4.90 Å². The number of allylic oxidation sites excluding steroid dienone is 1. The lowest BCUT2D eigenvalue weighted by Crippen LogP contribution is -2.26. The third-order valence-corrected chi connectivity index (χ3v) is 6.51. The summed E-state index contributed by atoms with van der Waals surface area (Å²) in [4.78, 5) is 2.08. The van der Waals surface area contributed by atoms with E-state index in [9.17, 15) is 13.9 Å².